The Kier molecular flexibility index (Phi) is 7.04. The van der Waals surface area contributed by atoms with Gasteiger partial charge in [-0.15, -0.1) is 0 Å². The van der Waals surface area contributed by atoms with Gasteiger partial charge in [0.25, 0.3) is 5.91 Å². The number of aryl methyl sites for hydroxylation is 1. The standard InChI is InChI=1S/C30H25N5O3/c1-20-10-5-6-14-23(20)26(36)19-35-25-16-8-7-15-24(25)27(21-11-3-2-4-12-21)33-28(29(35)37)34-30(38)32-22-13-9-17-31-18-22/h2-18,28H,19H2,1H3,(H2,32,34,38)/t28-/m0/s1. The molecule has 1 aliphatic heterocycles. The lowest BCUT2D eigenvalue weighted by atomic mass is 9.99. The van der Waals surface area contributed by atoms with Crippen LogP contribution in [0, 0.1) is 6.92 Å². The van der Waals surface area contributed by atoms with Gasteiger partial charge in [0, 0.05) is 22.9 Å². The Balaban J connectivity index is 1.55. The number of aliphatic imine (C=N–C) groups is 1. The van der Waals surface area contributed by atoms with E-state index in [0.29, 0.717) is 28.2 Å². The molecule has 0 spiro atoms. The Morgan fingerprint density at radius 3 is 2.39 bits per heavy atom. The number of benzodiazepines with no additional fused rings is 1. The molecule has 1 aliphatic rings. The number of benzene rings is 3. The molecular weight excluding hydrogens is 478 g/mol. The van der Waals surface area contributed by atoms with Crippen LogP contribution in [-0.4, -0.2) is 41.1 Å². The zero-order valence-electron chi connectivity index (χ0n) is 20.7. The van der Waals surface area contributed by atoms with Crippen molar-refractivity contribution in [3.8, 4) is 0 Å². The number of para-hydroxylation sites is 1. The van der Waals surface area contributed by atoms with Crippen molar-refractivity contribution in [3.63, 3.8) is 0 Å². The van der Waals surface area contributed by atoms with Gasteiger partial charge in [-0.05, 0) is 30.7 Å². The first-order valence-electron chi connectivity index (χ1n) is 12.1. The highest BCUT2D eigenvalue weighted by Gasteiger charge is 2.34. The highest BCUT2D eigenvalue weighted by molar-refractivity contribution is 6.21. The van der Waals surface area contributed by atoms with Gasteiger partial charge in [0.1, 0.15) is 0 Å². The average Bonchev–Trinajstić information content (AvgIpc) is 3.05. The summed E-state index contributed by atoms with van der Waals surface area (Å²) in [6.45, 7) is 1.65. The molecule has 3 amide bonds. The first kappa shape index (κ1) is 24.6. The van der Waals surface area contributed by atoms with Gasteiger partial charge in [0.05, 0.1) is 29.8 Å². The van der Waals surface area contributed by atoms with Crippen LogP contribution in [0.4, 0.5) is 16.2 Å². The van der Waals surface area contributed by atoms with Crippen LogP contribution in [0.3, 0.4) is 0 Å². The van der Waals surface area contributed by atoms with Crippen LogP contribution >= 0.6 is 0 Å². The molecule has 0 bridgehead atoms. The number of nitrogens with one attached hydrogen (secondary N) is 2. The molecule has 2 N–H and O–H groups in total. The highest BCUT2D eigenvalue weighted by Crippen LogP contribution is 2.28. The molecule has 38 heavy (non-hydrogen) atoms. The fraction of sp³-hybridized carbons (Fsp3) is 0.100. The molecule has 2 heterocycles. The summed E-state index contributed by atoms with van der Waals surface area (Å²) >= 11 is 0. The molecule has 5 rings (SSSR count). The number of fused-ring (bicyclic) bond motifs is 1. The number of ketones is 1. The van der Waals surface area contributed by atoms with E-state index in [1.165, 1.54) is 11.1 Å². The Hall–Kier alpha value is -5.11. The lowest BCUT2D eigenvalue weighted by molar-refractivity contribution is -0.120. The molecule has 1 aromatic heterocycles. The largest absolute Gasteiger partial charge is 0.321 e. The first-order valence-corrected chi connectivity index (χ1v) is 12.1. The van der Waals surface area contributed by atoms with Crippen molar-refractivity contribution in [2.24, 2.45) is 4.99 Å². The zero-order chi connectivity index (χ0) is 26.5. The van der Waals surface area contributed by atoms with E-state index < -0.39 is 18.1 Å². The third-order valence-corrected chi connectivity index (χ3v) is 6.19. The smallest absolute Gasteiger partial charge is 0.308 e. The van der Waals surface area contributed by atoms with Crippen LogP contribution in [0.15, 0.2) is 108 Å². The van der Waals surface area contributed by atoms with E-state index in [2.05, 4.69) is 15.6 Å². The fourth-order valence-corrected chi connectivity index (χ4v) is 4.36. The van der Waals surface area contributed by atoms with Gasteiger partial charge < -0.3 is 15.5 Å². The van der Waals surface area contributed by atoms with Crippen molar-refractivity contribution in [2.75, 3.05) is 16.8 Å². The summed E-state index contributed by atoms with van der Waals surface area (Å²) in [5.41, 5.74) is 4.35. The van der Waals surface area contributed by atoms with E-state index in [4.69, 9.17) is 4.99 Å². The van der Waals surface area contributed by atoms with E-state index in [1.807, 2.05) is 67.6 Å². The van der Waals surface area contributed by atoms with Crippen LogP contribution in [-0.2, 0) is 4.79 Å². The summed E-state index contributed by atoms with van der Waals surface area (Å²) in [5.74, 6) is -0.736. The summed E-state index contributed by atoms with van der Waals surface area (Å²) in [6.07, 6.45) is 1.81. The lowest BCUT2D eigenvalue weighted by Gasteiger charge is -2.25. The molecule has 0 aliphatic carbocycles. The monoisotopic (exact) mass is 503 g/mol. The quantitative estimate of drug-likeness (QED) is 0.375. The predicted octanol–water partition coefficient (Wildman–Crippen LogP) is 4.60. The van der Waals surface area contributed by atoms with Crippen LogP contribution in [0.2, 0.25) is 0 Å². The number of amides is 3. The topological polar surface area (TPSA) is 104 Å². The molecule has 0 fully saturated rings. The third-order valence-electron chi connectivity index (χ3n) is 6.19. The Labute approximate surface area is 220 Å². The number of Topliss-reactive ketones (excluding diaryl/α,β-unsaturated/α-hetero) is 1. The summed E-state index contributed by atoms with van der Waals surface area (Å²) in [6, 6.07) is 26.7. The maximum absolute atomic E-state index is 13.9. The SMILES string of the molecule is Cc1ccccc1C(=O)CN1C(=O)[C@H](NC(=O)Nc2cccnc2)N=C(c2ccccc2)c2ccccc21. The second kappa shape index (κ2) is 10.9. The predicted molar refractivity (Wildman–Crippen MR) is 147 cm³/mol. The van der Waals surface area contributed by atoms with E-state index in [-0.39, 0.29) is 12.3 Å². The van der Waals surface area contributed by atoms with Gasteiger partial charge in [-0.3, -0.25) is 14.6 Å². The van der Waals surface area contributed by atoms with Crippen LogP contribution in [0.1, 0.15) is 27.0 Å². The fourth-order valence-electron chi connectivity index (χ4n) is 4.36. The summed E-state index contributed by atoms with van der Waals surface area (Å²) in [7, 11) is 0. The van der Waals surface area contributed by atoms with Gasteiger partial charge in [0.15, 0.2) is 5.78 Å². The number of nitrogens with zero attached hydrogens (tertiary/aromatic N) is 3. The molecule has 0 saturated heterocycles. The number of hydrogen-bond acceptors (Lipinski definition) is 5. The zero-order valence-corrected chi connectivity index (χ0v) is 20.7. The number of anilines is 2. The molecular formula is C30H25N5O3. The molecule has 8 nitrogen and oxygen atoms in total. The number of pyridine rings is 1. The molecule has 3 aromatic carbocycles. The van der Waals surface area contributed by atoms with E-state index in [9.17, 15) is 14.4 Å². The Morgan fingerprint density at radius 2 is 1.63 bits per heavy atom. The molecule has 0 saturated carbocycles. The minimum atomic E-state index is -1.28. The van der Waals surface area contributed by atoms with Gasteiger partial charge in [0.2, 0.25) is 6.17 Å². The van der Waals surface area contributed by atoms with Crippen LogP contribution < -0.4 is 15.5 Å². The van der Waals surface area contributed by atoms with Crippen molar-refractivity contribution < 1.29 is 14.4 Å². The second-order valence-corrected chi connectivity index (χ2v) is 8.77. The molecule has 0 unspecified atom stereocenters. The van der Waals surface area contributed by atoms with Crippen molar-refractivity contribution in [1.29, 1.82) is 0 Å². The van der Waals surface area contributed by atoms with E-state index >= 15 is 0 Å². The van der Waals surface area contributed by atoms with Crippen molar-refractivity contribution >= 4 is 34.8 Å². The third kappa shape index (κ3) is 5.19. The maximum Gasteiger partial charge on any atom is 0.321 e. The van der Waals surface area contributed by atoms with Gasteiger partial charge in [-0.2, -0.15) is 0 Å². The van der Waals surface area contributed by atoms with E-state index in [0.717, 1.165) is 11.1 Å². The van der Waals surface area contributed by atoms with Crippen molar-refractivity contribution in [3.05, 3.63) is 126 Å². The molecule has 1 atom stereocenters. The number of hydrogen-bond donors (Lipinski definition) is 2. The normalized spacial score (nSPS) is 14.7. The van der Waals surface area contributed by atoms with Crippen LogP contribution in [0.5, 0.6) is 0 Å². The number of carbonyl (C=O) groups excluding carboxylic acids is 3. The van der Waals surface area contributed by atoms with Crippen molar-refractivity contribution in [1.82, 2.24) is 10.3 Å². The van der Waals surface area contributed by atoms with Gasteiger partial charge >= 0.3 is 6.03 Å². The molecule has 8 heteroatoms. The summed E-state index contributed by atoms with van der Waals surface area (Å²) in [4.78, 5) is 50.3. The Morgan fingerprint density at radius 1 is 0.895 bits per heavy atom. The van der Waals surface area contributed by atoms with E-state index in [1.54, 1.807) is 36.5 Å². The first-order chi connectivity index (χ1) is 18.5. The molecule has 0 radical (unpaired) electrons. The Bertz CT molecular complexity index is 1520. The average molecular weight is 504 g/mol. The lowest BCUT2D eigenvalue weighted by Crippen LogP contribution is -2.50. The minimum Gasteiger partial charge on any atom is -0.308 e. The number of aromatic nitrogens is 1. The van der Waals surface area contributed by atoms with Crippen LogP contribution in [0.25, 0.3) is 0 Å². The highest BCUT2D eigenvalue weighted by atomic mass is 16.2. The summed E-state index contributed by atoms with van der Waals surface area (Å²) in [5, 5.41) is 5.35. The number of carbonyl (C=O) groups is 3. The molecule has 188 valence electrons. The number of urea groups is 1. The van der Waals surface area contributed by atoms with Gasteiger partial charge in [-0.1, -0.05) is 72.8 Å². The maximum atomic E-state index is 13.9. The second-order valence-electron chi connectivity index (χ2n) is 8.77. The minimum absolute atomic E-state index is 0.208. The molecule has 4 aromatic rings. The number of rotatable bonds is 6. The van der Waals surface area contributed by atoms with Crippen molar-refractivity contribution in [2.45, 2.75) is 13.1 Å². The van der Waals surface area contributed by atoms with Gasteiger partial charge in [-0.25, -0.2) is 9.79 Å². The summed E-state index contributed by atoms with van der Waals surface area (Å²) < 4.78 is 0.